The van der Waals surface area contributed by atoms with E-state index in [1.165, 1.54) is 36.0 Å². The maximum Gasteiger partial charge on any atom is 0.251 e. The number of carbonyl (C=O) groups is 2. The van der Waals surface area contributed by atoms with E-state index in [9.17, 15) is 14.0 Å². The summed E-state index contributed by atoms with van der Waals surface area (Å²) in [6.07, 6.45) is 0. The summed E-state index contributed by atoms with van der Waals surface area (Å²) in [5.74, 6) is -0.436. The van der Waals surface area contributed by atoms with Crippen molar-refractivity contribution in [2.45, 2.75) is 31.6 Å². The highest BCUT2D eigenvalue weighted by Crippen LogP contribution is 2.24. The number of hydrogen-bond acceptors (Lipinski definition) is 5. The topological polar surface area (TPSA) is 88.9 Å². The lowest BCUT2D eigenvalue weighted by molar-refractivity contribution is -0.113. The molecular formula is C21H20Cl2FN5O2S. The number of hydrogen-bond donors (Lipinski definition) is 2. The first-order chi connectivity index (χ1) is 15.3. The third-order valence-corrected chi connectivity index (χ3v) is 6.12. The summed E-state index contributed by atoms with van der Waals surface area (Å²) < 4.78 is 15.1. The van der Waals surface area contributed by atoms with Gasteiger partial charge >= 0.3 is 0 Å². The molecule has 3 aromatic rings. The first kappa shape index (κ1) is 24.0. The van der Waals surface area contributed by atoms with Crippen LogP contribution in [0.4, 0.5) is 10.1 Å². The average molecular weight is 496 g/mol. The quantitative estimate of drug-likeness (QED) is 0.430. The van der Waals surface area contributed by atoms with Crippen LogP contribution < -0.4 is 10.6 Å². The Balaban J connectivity index is 1.63. The van der Waals surface area contributed by atoms with Gasteiger partial charge in [0.05, 0.1) is 21.8 Å². The number of nitrogens with zero attached hydrogens (tertiary/aromatic N) is 3. The molecule has 0 aliphatic carbocycles. The van der Waals surface area contributed by atoms with Crippen LogP contribution in [0.15, 0.2) is 47.6 Å². The second-order valence-electron chi connectivity index (χ2n) is 6.76. The summed E-state index contributed by atoms with van der Waals surface area (Å²) >= 11 is 13.1. The fraction of sp³-hybridized carbons (Fsp3) is 0.238. The van der Waals surface area contributed by atoms with Crippen LogP contribution in [0.25, 0.3) is 0 Å². The zero-order valence-electron chi connectivity index (χ0n) is 17.2. The molecule has 1 aromatic heterocycles. The second kappa shape index (κ2) is 10.8. The SMILES string of the molecule is CCn1c(SCC(=O)Nc2cccc(F)c2)nnc1[C@@H](C)NC(=O)c1ccc(Cl)c(Cl)c1. The van der Waals surface area contributed by atoms with Gasteiger partial charge in [-0.1, -0.05) is 41.0 Å². The summed E-state index contributed by atoms with van der Waals surface area (Å²) in [6.45, 7) is 4.25. The van der Waals surface area contributed by atoms with Crippen LogP contribution in [0, 0.1) is 5.82 Å². The van der Waals surface area contributed by atoms with E-state index >= 15 is 0 Å². The van der Waals surface area contributed by atoms with Gasteiger partial charge in [0.1, 0.15) is 5.82 Å². The molecule has 0 radical (unpaired) electrons. The maximum atomic E-state index is 13.3. The van der Waals surface area contributed by atoms with Crippen molar-refractivity contribution in [3.8, 4) is 0 Å². The molecule has 0 bridgehead atoms. The molecule has 0 aliphatic rings. The van der Waals surface area contributed by atoms with Crippen LogP contribution >= 0.6 is 35.0 Å². The van der Waals surface area contributed by atoms with Gasteiger partial charge in [-0.25, -0.2) is 4.39 Å². The van der Waals surface area contributed by atoms with Gasteiger partial charge in [-0.15, -0.1) is 10.2 Å². The third kappa shape index (κ3) is 5.99. The smallest absolute Gasteiger partial charge is 0.251 e. The van der Waals surface area contributed by atoms with Crippen LogP contribution in [0.3, 0.4) is 0 Å². The van der Waals surface area contributed by atoms with E-state index in [1.807, 2.05) is 11.5 Å². The molecule has 1 atom stereocenters. The van der Waals surface area contributed by atoms with Crippen LogP contribution in [0.5, 0.6) is 0 Å². The molecule has 0 fully saturated rings. The molecule has 2 N–H and O–H groups in total. The Morgan fingerprint density at radius 2 is 1.94 bits per heavy atom. The van der Waals surface area contributed by atoms with Gasteiger partial charge in [0, 0.05) is 17.8 Å². The highest BCUT2D eigenvalue weighted by molar-refractivity contribution is 7.99. The highest BCUT2D eigenvalue weighted by Gasteiger charge is 2.20. The minimum Gasteiger partial charge on any atom is -0.342 e. The number of halogens is 3. The fourth-order valence-corrected chi connectivity index (χ4v) is 4.01. The van der Waals surface area contributed by atoms with E-state index in [0.717, 1.165) is 0 Å². The number of anilines is 1. The van der Waals surface area contributed by atoms with Crippen molar-refractivity contribution >= 4 is 52.5 Å². The van der Waals surface area contributed by atoms with Crippen LogP contribution in [-0.4, -0.2) is 32.3 Å². The highest BCUT2D eigenvalue weighted by atomic mass is 35.5. The summed E-state index contributed by atoms with van der Waals surface area (Å²) in [6, 6.07) is 9.86. The fourth-order valence-electron chi connectivity index (χ4n) is 2.90. The van der Waals surface area contributed by atoms with Gasteiger partial charge in [0.2, 0.25) is 5.91 Å². The maximum absolute atomic E-state index is 13.3. The standard InChI is InChI=1S/C21H20Cl2FN5O2S/c1-3-29-19(12(2)25-20(31)13-7-8-16(22)17(23)9-13)27-28-21(29)32-11-18(30)26-15-6-4-5-14(24)10-15/h4-10,12H,3,11H2,1-2H3,(H,25,31)(H,26,30)/t12-/m1/s1. The van der Waals surface area contributed by atoms with E-state index < -0.39 is 11.9 Å². The van der Waals surface area contributed by atoms with Crippen molar-refractivity contribution in [2.75, 3.05) is 11.1 Å². The molecule has 7 nitrogen and oxygen atoms in total. The number of amides is 2. The van der Waals surface area contributed by atoms with Gasteiger partial charge in [-0.3, -0.25) is 9.59 Å². The van der Waals surface area contributed by atoms with Crippen LogP contribution in [0.1, 0.15) is 36.1 Å². The van der Waals surface area contributed by atoms with Crippen molar-refractivity contribution in [3.63, 3.8) is 0 Å². The van der Waals surface area contributed by atoms with Gasteiger partial charge in [0.15, 0.2) is 11.0 Å². The Morgan fingerprint density at radius 1 is 1.16 bits per heavy atom. The van der Waals surface area contributed by atoms with Crippen molar-refractivity contribution in [1.29, 1.82) is 0 Å². The molecule has 0 unspecified atom stereocenters. The van der Waals surface area contributed by atoms with Crippen molar-refractivity contribution in [1.82, 2.24) is 20.1 Å². The first-order valence-corrected chi connectivity index (χ1v) is 11.4. The van der Waals surface area contributed by atoms with E-state index in [0.29, 0.717) is 38.8 Å². The molecule has 32 heavy (non-hydrogen) atoms. The molecule has 168 valence electrons. The van der Waals surface area contributed by atoms with Gasteiger partial charge in [-0.2, -0.15) is 0 Å². The number of aromatic nitrogens is 3. The molecule has 3 rings (SSSR count). The number of benzene rings is 2. The van der Waals surface area contributed by atoms with Crippen molar-refractivity contribution < 1.29 is 14.0 Å². The lowest BCUT2D eigenvalue weighted by Crippen LogP contribution is -2.28. The number of rotatable bonds is 8. The molecule has 0 aliphatic heterocycles. The van der Waals surface area contributed by atoms with Gasteiger partial charge in [0.25, 0.3) is 5.91 Å². The third-order valence-electron chi connectivity index (χ3n) is 4.42. The van der Waals surface area contributed by atoms with E-state index in [4.69, 9.17) is 23.2 Å². The Bertz CT molecular complexity index is 1140. The van der Waals surface area contributed by atoms with E-state index in [1.54, 1.807) is 25.1 Å². The van der Waals surface area contributed by atoms with Gasteiger partial charge < -0.3 is 15.2 Å². The summed E-state index contributed by atoms with van der Waals surface area (Å²) in [4.78, 5) is 24.8. The molecule has 0 spiro atoms. The van der Waals surface area contributed by atoms with Crippen LogP contribution in [0.2, 0.25) is 10.0 Å². The minimum atomic E-state index is -0.445. The second-order valence-corrected chi connectivity index (χ2v) is 8.51. The largest absolute Gasteiger partial charge is 0.342 e. The first-order valence-electron chi connectivity index (χ1n) is 9.65. The lowest BCUT2D eigenvalue weighted by atomic mass is 10.2. The number of nitrogens with one attached hydrogen (secondary N) is 2. The van der Waals surface area contributed by atoms with Crippen LogP contribution in [-0.2, 0) is 11.3 Å². The monoisotopic (exact) mass is 495 g/mol. The molecular weight excluding hydrogens is 476 g/mol. The average Bonchev–Trinajstić information content (AvgIpc) is 3.17. The zero-order chi connectivity index (χ0) is 23.3. The Labute approximate surface area is 198 Å². The summed E-state index contributed by atoms with van der Waals surface area (Å²) in [5.41, 5.74) is 0.754. The van der Waals surface area contributed by atoms with Gasteiger partial charge in [-0.05, 0) is 50.2 Å². The molecule has 2 aromatic carbocycles. The molecule has 11 heteroatoms. The summed E-state index contributed by atoms with van der Waals surface area (Å²) in [7, 11) is 0. The number of carbonyl (C=O) groups excluding carboxylic acids is 2. The predicted molar refractivity (Wildman–Crippen MR) is 124 cm³/mol. The Morgan fingerprint density at radius 3 is 2.62 bits per heavy atom. The zero-order valence-corrected chi connectivity index (χ0v) is 19.6. The molecule has 0 saturated carbocycles. The van der Waals surface area contributed by atoms with E-state index in [2.05, 4.69) is 20.8 Å². The molecule has 2 amide bonds. The van der Waals surface area contributed by atoms with E-state index in [-0.39, 0.29) is 17.6 Å². The normalized spacial score (nSPS) is 11.8. The summed E-state index contributed by atoms with van der Waals surface area (Å²) in [5, 5.41) is 15.0. The van der Waals surface area contributed by atoms with Crippen molar-refractivity contribution in [3.05, 3.63) is 69.7 Å². The Hall–Kier alpha value is -2.62. The molecule has 1 heterocycles. The lowest BCUT2D eigenvalue weighted by Gasteiger charge is -2.15. The minimum absolute atomic E-state index is 0.0681. The number of thioether (sulfide) groups is 1. The molecule has 0 saturated heterocycles. The Kier molecular flexibility index (Phi) is 8.11. The predicted octanol–water partition coefficient (Wildman–Crippen LogP) is 4.97. The van der Waals surface area contributed by atoms with Crippen molar-refractivity contribution in [2.24, 2.45) is 0 Å².